The molecule has 2 unspecified atom stereocenters. The number of rotatable bonds is 0. The Hall–Kier alpha value is -0.0800. The summed E-state index contributed by atoms with van der Waals surface area (Å²) < 4.78 is 0. The predicted octanol–water partition coefficient (Wildman–Crippen LogP) is 0.648. The van der Waals surface area contributed by atoms with Crippen molar-refractivity contribution in [3.63, 3.8) is 0 Å². The van der Waals surface area contributed by atoms with Gasteiger partial charge in [0.15, 0.2) is 0 Å². The Morgan fingerprint density at radius 1 is 1.30 bits per heavy atom. The first kappa shape index (κ1) is 6.62. The quantitative estimate of drug-likeness (QED) is 0.531. The van der Waals surface area contributed by atoms with E-state index >= 15 is 0 Å². The van der Waals surface area contributed by atoms with Crippen LogP contribution in [0.4, 0.5) is 0 Å². The average molecular weight is 140 g/mol. The summed E-state index contributed by atoms with van der Waals surface area (Å²) in [5.41, 5.74) is 0. The minimum Gasteiger partial charge on any atom is -0.301 e. The minimum atomic E-state index is 0.866. The first-order valence-electron chi connectivity index (χ1n) is 4.28. The van der Waals surface area contributed by atoms with Gasteiger partial charge in [-0.15, -0.1) is 0 Å². The lowest BCUT2D eigenvalue weighted by atomic mass is 9.78. The van der Waals surface area contributed by atoms with E-state index in [1.807, 2.05) is 0 Å². The van der Waals surface area contributed by atoms with Gasteiger partial charge in [-0.3, -0.25) is 4.90 Å². The van der Waals surface area contributed by atoms with Gasteiger partial charge in [0, 0.05) is 12.7 Å². The summed E-state index contributed by atoms with van der Waals surface area (Å²) in [7, 11) is 2.19. The standard InChI is InChI=1S/C8H16N2/c1-10-5-4-7-2-3-8(7)9-6-10/h7-9H,2-6H2,1H3. The van der Waals surface area contributed by atoms with Crippen LogP contribution < -0.4 is 5.32 Å². The van der Waals surface area contributed by atoms with Gasteiger partial charge in [0.25, 0.3) is 0 Å². The first-order valence-corrected chi connectivity index (χ1v) is 4.28. The maximum Gasteiger partial charge on any atom is 0.0479 e. The van der Waals surface area contributed by atoms with Gasteiger partial charge >= 0.3 is 0 Å². The highest BCUT2D eigenvalue weighted by Crippen LogP contribution is 2.31. The van der Waals surface area contributed by atoms with Crippen LogP contribution in [0.2, 0.25) is 0 Å². The van der Waals surface area contributed by atoms with Crippen molar-refractivity contribution in [1.82, 2.24) is 10.2 Å². The van der Waals surface area contributed by atoms with Gasteiger partial charge in [-0.1, -0.05) is 0 Å². The highest BCUT2D eigenvalue weighted by atomic mass is 15.2. The van der Waals surface area contributed by atoms with Gasteiger partial charge in [-0.2, -0.15) is 0 Å². The average Bonchev–Trinajstić information content (AvgIpc) is 1.94. The molecule has 1 N–H and O–H groups in total. The van der Waals surface area contributed by atoms with E-state index in [2.05, 4.69) is 17.3 Å². The molecule has 0 amide bonds. The number of hydrogen-bond donors (Lipinski definition) is 1. The van der Waals surface area contributed by atoms with E-state index in [4.69, 9.17) is 0 Å². The fourth-order valence-electron chi connectivity index (χ4n) is 1.92. The molecule has 58 valence electrons. The van der Waals surface area contributed by atoms with Crippen LogP contribution in [0.25, 0.3) is 0 Å². The van der Waals surface area contributed by atoms with Crippen LogP contribution in [0.15, 0.2) is 0 Å². The van der Waals surface area contributed by atoms with Crippen molar-refractivity contribution in [2.45, 2.75) is 25.3 Å². The molecule has 2 fully saturated rings. The lowest BCUT2D eigenvalue weighted by molar-refractivity contribution is 0.217. The summed E-state index contributed by atoms with van der Waals surface area (Å²) in [6.07, 6.45) is 4.29. The maximum absolute atomic E-state index is 3.56. The molecule has 1 saturated heterocycles. The van der Waals surface area contributed by atoms with Crippen molar-refractivity contribution in [2.24, 2.45) is 5.92 Å². The zero-order valence-corrected chi connectivity index (χ0v) is 6.64. The molecule has 2 atom stereocenters. The van der Waals surface area contributed by atoms with Crippen molar-refractivity contribution < 1.29 is 0 Å². The van der Waals surface area contributed by atoms with Gasteiger partial charge in [0.1, 0.15) is 0 Å². The van der Waals surface area contributed by atoms with Crippen LogP contribution in [0.5, 0.6) is 0 Å². The Morgan fingerprint density at radius 2 is 2.20 bits per heavy atom. The molecule has 0 aromatic carbocycles. The van der Waals surface area contributed by atoms with Crippen molar-refractivity contribution in [2.75, 3.05) is 20.3 Å². The molecule has 2 rings (SSSR count). The fraction of sp³-hybridized carbons (Fsp3) is 1.00. The third-order valence-electron chi connectivity index (χ3n) is 2.92. The number of hydrogen-bond acceptors (Lipinski definition) is 2. The zero-order chi connectivity index (χ0) is 6.97. The summed E-state index contributed by atoms with van der Waals surface area (Å²) in [6.45, 7) is 2.38. The van der Waals surface area contributed by atoms with E-state index in [-0.39, 0.29) is 0 Å². The largest absolute Gasteiger partial charge is 0.301 e. The van der Waals surface area contributed by atoms with E-state index in [9.17, 15) is 0 Å². The van der Waals surface area contributed by atoms with E-state index < -0.39 is 0 Å². The van der Waals surface area contributed by atoms with Gasteiger partial charge in [0.05, 0.1) is 0 Å². The summed E-state index contributed by atoms with van der Waals surface area (Å²) in [6, 6.07) is 0.866. The van der Waals surface area contributed by atoms with E-state index in [0.717, 1.165) is 18.6 Å². The van der Waals surface area contributed by atoms with E-state index in [1.54, 1.807) is 0 Å². The molecule has 1 aliphatic carbocycles. The van der Waals surface area contributed by atoms with Crippen LogP contribution in [0.1, 0.15) is 19.3 Å². The van der Waals surface area contributed by atoms with Gasteiger partial charge in [-0.25, -0.2) is 0 Å². The maximum atomic E-state index is 3.56. The Bertz CT molecular complexity index is 110. The Kier molecular flexibility index (Phi) is 1.66. The fourth-order valence-corrected chi connectivity index (χ4v) is 1.92. The van der Waals surface area contributed by atoms with Crippen LogP contribution in [0, 0.1) is 5.92 Å². The van der Waals surface area contributed by atoms with Crippen molar-refractivity contribution in [3.05, 3.63) is 0 Å². The number of fused-ring (bicyclic) bond motifs is 1. The van der Waals surface area contributed by atoms with Crippen molar-refractivity contribution in [1.29, 1.82) is 0 Å². The summed E-state index contributed by atoms with van der Waals surface area (Å²) >= 11 is 0. The molecule has 0 radical (unpaired) electrons. The summed E-state index contributed by atoms with van der Waals surface area (Å²) in [5.74, 6) is 1.00. The second-order valence-corrected chi connectivity index (χ2v) is 3.67. The number of nitrogens with zero attached hydrogens (tertiary/aromatic N) is 1. The molecule has 10 heavy (non-hydrogen) atoms. The van der Waals surface area contributed by atoms with E-state index in [1.165, 1.54) is 25.8 Å². The predicted molar refractivity (Wildman–Crippen MR) is 41.8 cm³/mol. The smallest absolute Gasteiger partial charge is 0.0479 e. The number of nitrogens with one attached hydrogen (secondary N) is 1. The molecule has 0 bridgehead atoms. The lowest BCUT2D eigenvalue weighted by Gasteiger charge is -2.35. The van der Waals surface area contributed by atoms with Crippen molar-refractivity contribution >= 4 is 0 Å². The van der Waals surface area contributed by atoms with Crippen LogP contribution in [-0.2, 0) is 0 Å². The molecule has 2 heteroatoms. The topological polar surface area (TPSA) is 15.3 Å². The normalized spacial score (nSPS) is 41.7. The van der Waals surface area contributed by atoms with Gasteiger partial charge in [0.2, 0.25) is 0 Å². The molecular formula is C8H16N2. The summed E-state index contributed by atoms with van der Waals surface area (Å²) in [4.78, 5) is 2.37. The highest BCUT2D eigenvalue weighted by Gasteiger charge is 2.31. The Balaban J connectivity index is 1.91. The third-order valence-corrected chi connectivity index (χ3v) is 2.92. The third kappa shape index (κ3) is 1.06. The molecule has 0 spiro atoms. The van der Waals surface area contributed by atoms with Crippen molar-refractivity contribution in [3.8, 4) is 0 Å². The van der Waals surface area contributed by atoms with Gasteiger partial charge in [-0.05, 0) is 38.8 Å². The first-order chi connectivity index (χ1) is 4.86. The minimum absolute atomic E-state index is 0.866. The van der Waals surface area contributed by atoms with Gasteiger partial charge < -0.3 is 5.32 Å². The monoisotopic (exact) mass is 140 g/mol. The molecule has 2 nitrogen and oxygen atoms in total. The lowest BCUT2D eigenvalue weighted by Crippen LogP contribution is -2.43. The van der Waals surface area contributed by atoms with Crippen LogP contribution in [-0.4, -0.2) is 31.2 Å². The SMILES string of the molecule is CN1CCC2CCC2NC1. The van der Waals surface area contributed by atoms with Crippen LogP contribution in [0.3, 0.4) is 0 Å². The molecule has 1 heterocycles. The highest BCUT2D eigenvalue weighted by molar-refractivity contribution is 4.88. The second-order valence-electron chi connectivity index (χ2n) is 3.67. The van der Waals surface area contributed by atoms with E-state index in [0.29, 0.717) is 0 Å². The molecule has 0 aromatic rings. The zero-order valence-electron chi connectivity index (χ0n) is 6.64. The molecule has 2 aliphatic rings. The molecule has 1 aliphatic heterocycles. The molecular weight excluding hydrogens is 124 g/mol. The Labute approximate surface area is 62.6 Å². The molecule has 0 aromatic heterocycles. The van der Waals surface area contributed by atoms with Crippen LogP contribution >= 0.6 is 0 Å². The Morgan fingerprint density at radius 3 is 2.90 bits per heavy atom. The summed E-state index contributed by atoms with van der Waals surface area (Å²) in [5, 5.41) is 3.56. The second kappa shape index (κ2) is 2.51. The molecule has 1 saturated carbocycles.